The Morgan fingerprint density at radius 1 is 1.22 bits per heavy atom. The van der Waals surface area contributed by atoms with Crippen molar-refractivity contribution in [2.45, 2.75) is 33.0 Å². The molecular weight excluding hydrogens is 603 g/mol. The molecule has 10 nitrogen and oxygen atoms in total. The van der Waals surface area contributed by atoms with Crippen molar-refractivity contribution in [1.29, 1.82) is 0 Å². The van der Waals surface area contributed by atoms with Crippen LogP contribution in [0.3, 0.4) is 0 Å². The number of rotatable bonds is 8. The monoisotopic (exact) mass is 626 g/mol. The van der Waals surface area contributed by atoms with Crippen LogP contribution in [0.1, 0.15) is 31.9 Å². The van der Waals surface area contributed by atoms with Gasteiger partial charge in [-0.2, -0.15) is 0 Å². The van der Waals surface area contributed by atoms with Gasteiger partial charge in [0, 0.05) is 12.1 Å². The lowest BCUT2D eigenvalue weighted by Gasteiger charge is -2.21. The van der Waals surface area contributed by atoms with Crippen LogP contribution in [0.2, 0.25) is 0 Å². The van der Waals surface area contributed by atoms with Crippen molar-refractivity contribution in [2.24, 2.45) is 0 Å². The Morgan fingerprint density at radius 2 is 1.94 bits per heavy atom. The molecule has 0 saturated carbocycles. The summed E-state index contributed by atoms with van der Waals surface area (Å²) in [5.41, 5.74) is 0.432. The van der Waals surface area contributed by atoms with E-state index in [0.717, 1.165) is 16.7 Å². The van der Waals surface area contributed by atoms with E-state index in [2.05, 4.69) is 22.6 Å². The fourth-order valence-corrected chi connectivity index (χ4v) is 4.79. The van der Waals surface area contributed by atoms with E-state index in [1.165, 1.54) is 25.3 Å². The zero-order chi connectivity index (χ0) is 26.6. The summed E-state index contributed by atoms with van der Waals surface area (Å²) in [7, 11) is 1.46. The van der Waals surface area contributed by atoms with Gasteiger partial charge in [-0.25, -0.2) is 0 Å². The number of thioether (sulfide) groups is 1. The molecule has 1 fully saturated rings. The highest BCUT2D eigenvalue weighted by molar-refractivity contribution is 14.1. The standard InChI is InChI=1S/C24H23IN2O8S/c1-24(2,3)35-20(28)12-26-22(29)19(36-23(26)30)11-15-9-17(25)21(18(10-15)33-4)34-13-14-6-5-7-16(8-14)27(31)32/h5-11H,12-13H2,1-4H3. The number of ether oxygens (including phenoxy) is 3. The Balaban J connectivity index is 1.77. The number of halogens is 1. The number of imide groups is 1. The average molecular weight is 626 g/mol. The summed E-state index contributed by atoms with van der Waals surface area (Å²) in [4.78, 5) is 48.7. The third kappa shape index (κ3) is 6.97. The summed E-state index contributed by atoms with van der Waals surface area (Å²) in [5, 5.41) is 10.4. The van der Waals surface area contributed by atoms with Crippen LogP contribution in [0.25, 0.3) is 6.08 Å². The number of benzene rings is 2. The molecule has 2 amide bonds. The molecule has 1 heterocycles. The van der Waals surface area contributed by atoms with Crippen molar-refractivity contribution in [3.63, 3.8) is 0 Å². The average Bonchev–Trinajstić information content (AvgIpc) is 3.04. The van der Waals surface area contributed by atoms with Gasteiger partial charge in [0.05, 0.1) is 20.5 Å². The van der Waals surface area contributed by atoms with Crippen LogP contribution in [0.5, 0.6) is 11.5 Å². The lowest BCUT2D eigenvalue weighted by molar-refractivity contribution is -0.384. The summed E-state index contributed by atoms with van der Waals surface area (Å²) >= 11 is 2.78. The zero-order valence-corrected chi connectivity index (χ0v) is 22.9. The summed E-state index contributed by atoms with van der Waals surface area (Å²) in [6, 6.07) is 9.52. The summed E-state index contributed by atoms with van der Waals surface area (Å²) in [6.45, 7) is 4.71. The summed E-state index contributed by atoms with van der Waals surface area (Å²) in [5.74, 6) is -0.449. The molecule has 0 aromatic heterocycles. The van der Waals surface area contributed by atoms with Crippen LogP contribution in [0.4, 0.5) is 10.5 Å². The topological polar surface area (TPSA) is 125 Å². The maximum atomic E-state index is 12.8. The van der Waals surface area contributed by atoms with E-state index in [1.807, 2.05) is 0 Å². The minimum Gasteiger partial charge on any atom is -0.493 e. The van der Waals surface area contributed by atoms with E-state index in [0.29, 0.717) is 26.2 Å². The molecule has 1 aliphatic rings. The minimum absolute atomic E-state index is 0.0336. The Bertz CT molecular complexity index is 1260. The normalized spacial score (nSPS) is 14.8. The number of non-ortho nitro benzene ring substituents is 1. The van der Waals surface area contributed by atoms with Crippen LogP contribution >= 0.6 is 34.4 Å². The van der Waals surface area contributed by atoms with Gasteiger partial charge in [0.2, 0.25) is 0 Å². The predicted octanol–water partition coefficient (Wildman–Crippen LogP) is 5.17. The highest BCUT2D eigenvalue weighted by atomic mass is 127. The quantitative estimate of drug-likeness (QED) is 0.128. The maximum Gasteiger partial charge on any atom is 0.326 e. The van der Waals surface area contributed by atoms with Gasteiger partial charge in [0.15, 0.2) is 11.5 Å². The van der Waals surface area contributed by atoms with Crippen LogP contribution in [-0.2, 0) is 20.9 Å². The summed E-state index contributed by atoms with van der Waals surface area (Å²) < 4.78 is 17.2. The first kappa shape index (κ1) is 27.5. The van der Waals surface area contributed by atoms with Crippen molar-refractivity contribution >= 4 is 63.2 Å². The van der Waals surface area contributed by atoms with Gasteiger partial charge in [0.25, 0.3) is 16.8 Å². The molecule has 2 aromatic rings. The second-order valence-electron chi connectivity index (χ2n) is 8.60. The van der Waals surface area contributed by atoms with E-state index in [1.54, 1.807) is 45.0 Å². The molecule has 0 N–H and O–H groups in total. The molecule has 0 radical (unpaired) electrons. The zero-order valence-electron chi connectivity index (χ0n) is 19.9. The number of nitro benzene ring substituents is 1. The maximum absolute atomic E-state index is 12.8. The van der Waals surface area contributed by atoms with Gasteiger partial charge in [-0.1, -0.05) is 12.1 Å². The molecule has 0 aliphatic carbocycles. The lowest BCUT2D eigenvalue weighted by Crippen LogP contribution is -2.37. The Hall–Kier alpha value is -3.13. The second-order valence-corrected chi connectivity index (χ2v) is 10.8. The number of methoxy groups -OCH3 is 1. The third-order valence-corrected chi connectivity index (χ3v) is 6.34. The summed E-state index contributed by atoms with van der Waals surface area (Å²) in [6.07, 6.45) is 1.54. The van der Waals surface area contributed by atoms with Crippen LogP contribution < -0.4 is 9.47 Å². The number of hydrogen-bond donors (Lipinski definition) is 0. The molecule has 1 saturated heterocycles. The van der Waals surface area contributed by atoms with Crippen LogP contribution in [0.15, 0.2) is 41.3 Å². The minimum atomic E-state index is -0.735. The molecule has 0 bridgehead atoms. The van der Waals surface area contributed by atoms with Crippen molar-refractivity contribution in [3.8, 4) is 11.5 Å². The number of nitrogens with zero attached hydrogens (tertiary/aromatic N) is 2. The highest BCUT2D eigenvalue weighted by Crippen LogP contribution is 2.37. The van der Waals surface area contributed by atoms with Gasteiger partial charge in [-0.3, -0.25) is 29.4 Å². The van der Waals surface area contributed by atoms with E-state index >= 15 is 0 Å². The number of carbonyl (C=O) groups excluding carboxylic acids is 3. The first-order valence-corrected chi connectivity index (χ1v) is 12.5. The van der Waals surface area contributed by atoms with Gasteiger partial charge in [0.1, 0.15) is 18.8 Å². The van der Waals surface area contributed by atoms with Crippen molar-refractivity contribution in [2.75, 3.05) is 13.7 Å². The molecule has 2 aromatic carbocycles. The van der Waals surface area contributed by atoms with Crippen molar-refractivity contribution in [1.82, 2.24) is 4.90 Å². The predicted molar refractivity (Wildman–Crippen MR) is 142 cm³/mol. The molecule has 190 valence electrons. The Labute approximate surface area is 225 Å². The second kappa shape index (κ2) is 11.3. The van der Waals surface area contributed by atoms with Gasteiger partial charge >= 0.3 is 5.97 Å². The molecular formula is C24H23IN2O8S. The molecule has 36 heavy (non-hydrogen) atoms. The van der Waals surface area contributed by atoms with Crippen LogP contribution in [-0.4, -0.2) is 46.2 Å². The van der Waals surface area contributed by atoms with E-state index in [4.69, 9.17) is 14.2 Å². The number of hydrogen-bond acceptors (Lipinski definition) is 9. The fourth-order valence-electron chi connectivity index (χ4n) is 3.17. The number of amides is 2. The molecule has 3 rings (SSSR count). The largest absolute Gasteiger partial charge is 0.493 e. The van der Waals surface area contributed by atoms with Gasteiger partial charge in [-0.15, -0.1) is 0 Å². The van der Waals surface area contributed by atoms with E-state index in [9.17, 15) is 24.5 Å². The number of nitro groups is 1. The van der Waals surface area contributed by atoms with Crippen molar-refractivity contribution in [3.05, 3.63) is 66.1 Å². The first-order valence-electron chi connectivity index (χ1n) is 10.6. The first-order chi connectivity index (χ1) is 16.9. The molecule has 1 aliphatic heterocycles. The third-order valence-electron chi connectivity index (χ3n) is 4.63. The van der Waals surface area contributed by atoms with Gasteiger partial charge < -0.3 is 14.2 Å². The highest BCUT2D eigenvalue weighted by Gasteiger charge is 2.37. The SMILES string of the molecule is COc1cc(C=C2SC(=O)N(CC(=O)OC(C)(C)C)C2=O)cc(I)c1OCc1cccc([N+](=O)[O-])c1. The number of carbonyl (C=O) groups is 3. The van der Waals surface area contributed by atoms with E-state index in [-0.39, 0.29) is 17.2 Å². The van der Waals surface area contributed by atoms with Crippen molar-refractivity contribution < 1.29 is 33.5 Å². The molecule has 0 spiro atoms. The van der Waals surface area contributed by atoms with Gasteiger partial charge in [-0.05, 0) is 84.5 Å². The Kier molecular flexibility index (Phi) is 8.61. The lowest BCUT2D eigenvalue weighted by atomic mass is 10.1. The molecule has 0 unspecified atom stereocenters. The van der Waals surface area contributed by atoms with Crippen LogP contribution in [0, 0.1) is 13.7 Å². The Morgan fingerprint density at radius 3 is 2.58 bits per heavy atom. The molecule has 0 atom stereocenters. The van der Waals surface area contributed by atoms with E-state index < -0.39 is 34.2 Å². The smallest absolute Gasteiger partial charge is 0.326 e. The molecule has 12 heteroatoms. The number of esters is 1. The fraction of sp³-hybridized carbons (Fsp3) is 0.292.